The third-order valence-electron chi connectivity index (χ3n) is 7.66. The highest BCUT2D eigenvalue weighted by Gasteiger charge is 2.46. The Morgan fingerprint density at radius 2 is 1.70 bits per heavy atom. The van der Waals surface area contributed by atoms with Gasteiger partial charge in [0, 0.05) is 45.8 Å². The van der Waals surface area contributed by atoms with Gasteiger partial charge in [-0.05, 0) is 66.7 Å². The van der Waals surface area contributed by atoms with Crippen LogP contribution in [0.4, 0.5) is 0 Å². The lowest BCUT2D eigenvalue weighted by atomic mass is 9.73. The molecule has 0 radical (unpaired) electrons. The average Bonchev–Trinajstić information content (AvgIpc) is 3.50. The first-order valence-electron chi connectivity index (χ1n) is 11.4. The van der Waals surface area contributed by atoms with Crippen molar-refractivity contribution >= 4 is 11.8 Å². The van der Waals surface area contributed by atoms with Gasteiger partial charge in [0.2, 0.25) is 5.91 Å². The molecule has 1 aromatic heterocycles. The first-order valence-corrected chi connectivity index (χ1v) is 11.4. The highest BCUT2D eigenvalue weighted by Crippen LogP contribution is 2.52. The number of aryl methyl sites for hydroxylation is 1. The van der Waals surface area contributed by atoms with E-state index < -0.39 is 0 Å². The number of fused-ring (bicyclic) bond motifs is 2. The molecule has 5 heteroatoms. The summed E-state index contributed by atoms with van der Waals surface area (Å²) in [4.78, 5) is 29.9. The van der Waals surface area contributed by atoms with E-state index in [1.807, 2.05) is 34.8 Å². The molecule has 1 spiro atoms. The minimum Gasteiger partial charge on any atom is -0.347 e. The third kappa shape index (κ3) is 3.24. The summed E-state index contributed by atoms with van der Waals surface area (Å²) in [7, 11) is 1.92. The summed E-state index contributed by atoms with van der Waals surface area (Å²) < 4.78 is 1.90. The first kappa shape index (κ1) is 19.4. The summed E-state index contributed by atoms with van der Waals surface area (Å²) in [6, 6.07) is 12.6. The number of carbonyl (C=O) groups is 2. The Labute approximate surface area is 178 Å². The minimum atomic E-state index is 0.109. The Kier molecular flexibility index (Phi) is 4.92. The number of amides is 2. The Hall–Kier alpha value is -2.56. The molecule has 3 aliphatic rings. The molecule has 0 bridgehead atoms. The maximum absolute atomic E-state index is 12.9. The quantitative estimate of drug-likeness (QED) is 0.782. The molecule has 2 amide bonds. The topological polar surface area (TPSA) is 45.6 Å². The fourth-order valence-corrected chi connectivity index (χ4v) is 5.97. The largest absolute Gasteiger partial charge is 0.347 e. The Morgan fingerprint density at radius 1 is 0.967 bits per heavy atom. The maximum Gasteiger partial charge on any atom is 0.270 e. The molecule has 2 aromatic rings. The second-order valence-electron chi connectivity index (χ2n) is 9.36. The molecule has 2 fully saturated rings. The molecule has 5 nitrogen and oxygen atoms in total. The molecule has 0 saturated carbocycles. The zero-order valence-corrected chi connectivity index (χ0v) is 17.8. The van der Waals surface area contributed by atoms with Crippen LogP contribution in [0.1, 0.15) is 66.1 Å². The SMILES string of the molecule is Cn1cccc1C(=O)N1CCC2(CC1)CC(CC(=O)N1CCCC1)c1ccccc12. The Balaban J connectivity index is 1.32. The van der Waals surface area contributed by atoms with E-state index in [0.717, 1.165) is 64.0 Å². The number of piperidine rings is 1. The Bertz CT molecular complexity index is 949. The van der Waals surface area contributed by atoms with Crippen LogP contribution in [0.25, 0.3) is 0 Å². The van der Waals surface area contributed by atoms with E-state index in [9.17, 15) is 9.59 Å². The molecule has 0 N–H and O–H groups in total. The molecular weight excluding hydrogens is 374 g/mol. The average molecular weight is 406 g/mol. The van der Waals surface area contributed by atoms with Crippen molar-refractivity contribution in [3.05, 3.63) is 59.4 Å². The summed E-state index contributed by atoms with van der Waals surface area (Å²) >= 11 is 0. The summed E-state index contributed by atoms with van der Waals surface area (Å²) in [6.45, 7) is 3.42. The van der Waals surface area contributed by atoms with Crippen molar-refractivity contribution in [3.63, 3.8) is 0 Å². The molecule has 1 aliphatic carbocycles. The normalized spacial score (nSPS) is 22.5. The van der Waals surface area contributed by atoms with E-state index in [4.69, 9.17) is 0 Å². The van der Waals surface area contributed by atoms with E-state index in [0.29, 0.717) is 18.2 Å². The molecular formula is C25H31N3O2. The van der Waals surface area contributed by atoms with Crippen molar-refractivity contribution in [1.82, 2.24) is 14.4 Å². The van der Waals surface area contributed by atoms with Crippen LogP contribution in [-0.4, -0.2) is 52.4 Å². The van der Waals surface area contributed by atoms with Crippen LogP contribution in [0.3, 0.4) is 0 Å². The smallest absolute Gasteiger partial charge is 0.270 e. The van der Waals surface area contributed by atoms with Gasteiger partial charge >= 0.3 is 0 Å². The van der Waals surface area contributed by atoms with E-state index in [1.54, 1.807) is 0 Å². The number of aromatic nitrogens is 1. The second kappa shape index (κ2) is 7.60. The summed E-state index contributed by atoms with van der Waals surface area (Å²) in [6.07, 6.45) is 7.84. The first-order chi connectivity index (χ1) is 14.6. The number of benzene rings is 1. The van der Waals surface area contributed by atoms with Crippen LogP contribution in [0, 0.1) is 0 Å². The van der Waals surface area contributed by atoms with Crippen molar-refractivity contribution in [3.8, 4) is 0 Å². The molecule has 1 atom stereocenters. The van der Waals surface area contributed by atoms with E-state index in [2.05, 4.69) is 29.2 Å². The highest BCUT2D eigenvalue weighted by atomic mass is 16.2. The number of nitrogens with zero attached hydrogens (tertiary/aromatic N) is 3. The molecule has 2 aliphatic heterocycles. The second-order valence-corrected chi connectivity index (χ2v) is 9.36. The summed E-state index contributed by atoms with van der Waals surface area (Å²) in [5.74, 6) is 0.759. The van der Waals surface area contributed by atoms with E-state index in [-0.39, 0.29) is 11.3 Å². The lowest BCUT2D eigenvalue weighted by molar-refractivity contribution is -0.130. The Morgan fingerprint density at radius 3 is 2.40 bits per heavy atom. The predicted octanol–water partition coefficient (Wildman–Crippen LogP) is 3.70. The van der Waals surface area contributed by atoms with Gasteiger partial charge in [-0.1, -0.05) is 24.3 Å². The predicted molar refractivity (Wildman–Crippen MR) is 116 cm³/mol. The van der Waals surface area contributed by atoms with Crippen LogP contribution >= 0.6 is 0 Å². The minimum absolute atomic E-state index is 0.109. The fourth-order valence-electron chi connectivity index (χ4n) is 5.97. The molecule has 2 saturated heterocycles. The van der Waals surface area contributed by atoms with Crippen LogP contribution in [0.2, 0.25) is 0 Å². The van der Waals surface area contributed by atoms with Crippen molar-refractivity contribution in [2.75, 3.05) is 26.2 Å². The van der Waals surface area contributed by atoms with Crippen LogP contribution < -0.4 is 0 Å². The lowest BCUT2D eigenvalue weighted by Crippen LogP contribution is -2.44. The zero-order valence-electron chi connectivity index (χ0n) is 17.8. The summed E-state index contributed by atoms with van der Waals surface area (Å²) in [5.41, 5.74) is 3.66. The monoisotopic (exact) mass is 405 g/mol. The molecule has 5 rings (SSSR count). The van der Waals surface area contributed by atoms with Gasteiger partial charge in [0.1, 0.15) is 5.69 Å². The maximum atomic E-state index is 12.9. The highest BCUT2D eigenvalue weighted by molar-refractivity contribution is 5.92. The number of hydrogen-bond acceptors (Lipinski definition) is 2. The standard InChI is InChI=1S/C25H31N3O2/c1-26-12-6-9-22(26)24(30)28-15-10-25(11-16-28)18-19(20-7-2-3-8-21(20)25)17-23(29)27-13-4-5-14-27/h2-3,6-9,12,19H,4-5,10-11,13-18H2,1H3. The van der Waals surface area contributed by atoms with Gasteiger partial charge in [-0.15, -0.1) is 0 Å². The number of hydrogen-bond donors (Lipinski definition) is 0. The van der Waals surface area contributed by atoms with Crippen molar-refractivity contribution < 1.29 is 9.59 Å². The number of carbonyl (C=O) groups excluding carboxylic acids is 2. The van der Waals surface area contributed by atoms with E-state index in [1.165, 1.54) is 11.1 Å². The van der Waals surface area contributed by atoms with Gasteiger partial charge in [-0.25, -0.2) is 0 Å². The van der Waals surface area contributed by atoms with Crippen LogP contribution in [0.15, 0.2) is 42.6 Å². The number of likely N-dealkylation sites (tertiary alicyclic amines) is 2. The van der Waals surface area contributed by atoms with Crippen LogP contribution in [0.5, 0.6) is 0 Å². The van der Waals surface area contributed by atoms with Crippen LogP contribution in [-0.2, 0) is 17.3 Å². The van der Waals surface area contributed by atoms with Gasteiger partial charge in [-0.3, -0.25) is 9.59 Å². The van der Waals surface area contributed by atoms with Gasteiger partial charge < -0.3 is 14.4 Å². The summed E-state index contributed by atoms with van der Waals surface area (Å²) in [5, 5.41) is 0. The zero-order chi connectivity index (χ0) is 20.7. The van der Waals surface area contributed by atoms with Gasteiger partial charge in [0.15, 0.2) is 0 Å². The van der Waals surface area contributed by atoms with E-state index >= 15 is 0 Å². The molecule has 158 valence electrons. The van der Waals surface area contributed by atoms with Crippen molar-refractivity contribution in [2.45, 2.75) is 49.9 Å². The molecule has 1 unspecified atom stereocenters. The molecule has 1 aromatic carbocycles. The van der Waals surface area contributed by atoms with Gasteiger partial charge in [0.25, 0.3) is 5.91 Å². The van der Waals surface area contributed by atoms with Gasteiger partial charge in [-0.2, -0.15) is 0 Å². The lowest BCUT2D eigenvalue weighted by Gasteiger charge is -2.40. The van der Waals surface area contributed by atoms with Gasteiger partial charge in [0.05, 0.1) is 0 Å². The fraction of sp³-hybridized carbons (Fsp3) is 0.520. The molecule has 30 heavy (non-hydrogen) atoms. The third-order valence-corrected chi connectivity index (χ3v) is 7.66. The van der Waals surface area contributed by atoms with Crippen molar-refractivity contribution in [1.29, 1.82) is 0 Å². The number of rotatable bonds is 3. The van der Waals surface area contributed by atoms with Crippen molar-refractivity contribution in [2.24, 2.45) is 7.05 Å². The molecule has 3 heterocycles.